The normalized spacial score (nSPS) is 28.2. The van der Waals surface area contributed by atoms with Crippen molar-refractivity contribution in [2.45, 2.75) is 76.7 Å². The van der Waals surface area contributed by atoms with Crippen molar-refractivity contribution in [3.63, 3.8) is 0 Å². The van der Waals surface area contributed by atoms with E-state index in [0.717, 1.165) is 0 Å². The van der Waals surface area contributed by atoms with Crippen LogP contribution in [0, 0.1) is 0 Å². The maximum atomic E-state index is 13.2. The second-order valence-electron chi connectivity index (χ2n) is 8.98. The lowest BCUT2D eigenvalue weighted by atomic mass is 9.98. The van der Waals surface area contributed by atoms with Gasteiger partial charge in [-0.25, -0.2) is 4.79 Å². The fourth-order valence-electron chi connectivity index (χ4n) is 4.19. The number of hydrogen-bond acceptors (Lipinski definition) is 9. The molecule has 9 nitrogen and oxygen atoms in total. The Morgan fingerprint density at radius 2 is 1.82 bits per heavy atom. The molecule has 9 heteroatoms. The summed E-state index contributed by atoms with van der Waals surface area (Å²) in [5, 5.41) is 10.8. The highest BCUT2D eigenvalue weighted by atomic mass is 16.8. The summed E-state index contributed by atoms with van der Waals surface area (Å²) in [5.74, 6) is -0.541. The first-order chi connectivity index (χ1) is 16.2. The molecule has 0 bridgehead atoms. The minimum atomic E-state index is -0.787. The summed E-state index contributed by atoms with van der Waals surface area (Å²) >= 11 is 0. The number of carbonyl (C=O) groups is 1. The van der Waals surface area contributed by atoms with Crippen LogP contribution in [-0.2, 0) is 23.7 Å². The van der Waals surface area contributed by atoms with Crippen LogP contribution in [0.1, 0.15) is 62.4 Å². The van der Waals surface area contributed by atoms with E-state index in [4.69, 9.17) is 33.2 Å². The quantitative estimate of drug-likeness (QED) is 0.483. The summed E-state index contributed by atoms with van der Waals surface area (Å²) in [7, 11) is 3.02. The highest BCUT2D eigenvalue weighted by molar-refractivity contribution is 5.97. The fourth-order valence-corrected chi connectivity index (χ4v) is 4.19. The van der Waals surface area contributed by atoms with Crippen LogP contribution >= 0.6 is 0 Å². The van der Waals surface area contributed by atoms with Crippen LogP contribution in [0.25, 0.3) is 6.08 Å². The number of esters is 1. The maximum absolute atomic E-state index is 13.2. The third-order valence-corrected chi connectivity index (χ3v) is 5.67. The average Bonchev–Trinajstić information content (AvgIpc) is 3.09. The number of aliphatic hydroxyl groups excluding tert-OH is 1. The Hall–Kier alpha value is -2.17. The number of ether oxygens (including phenoxy) is 7. The second-order valence-corrected chi connectivity index (χ2v) is 8.98. The molecule has 0 aliphatic carbocycles. The monoisotopic (exact) mass is 480 g/mol. The SMILES string of the molecule is COCOc1cc2c(c(OCOC)c1)C(=O)O[C@@H](C)CCCC(O)[C@H]1OC(C)(C)O[C@H]1C/C=C/2. The standard InChI is InChI=1S/C25H36O9/c1-16-8-6-10-19(26)23-20(33-25(2,3)34-23)11-7-9-17-12-18(30-14-28-4)13-21(31-15-29-5)22(17)24(27)32-16/h7,9,12-13,16,19-20,23,26H,6,8,10-11,14-15H2,1-5H3/b9-7+/t16-,19?,20-,23+/m0/s1. The van der Waals surface area contributed by atoms with Crippen molar-refractivity contribution in [1.29, 1.82) is 0 Å². The van der Waals surface area contributed by atoms with Crippen LogP contribution in [-0.4, -0.2) is 69.1 Å². The van der Waals surface area contributed by atoms with Crippen molar-refractivity contribution < 1.29 is 43.1 Å². The zero-order valence-corrected chi connectivity index (χ0v) is 20.6. The Balaban J connectivity index is 2.00. The van der Waals surface area contributed by atoms with Gasteiger partial charge in [-0.15, -0.1) is 0 Å². The molecule has 2 aliphatic rings. The predicted molar refractivity (Wildman–Crippen MR) is 124 cm³/mol. The molecular weight excluding hydrogens is 444 g/mol. The molecule has 34 heavy (non-hydrogen) atoms. The molecule has 2 aliphatic heterocycles. The Morgan fingerprint density at radius 3 is 2.56 bits per heavy atom. The summed E-state index contributed by atoms with van der Waals surface area (Å²) in [5.41, 5.74) is 0.840. The average molecular weight is 481 g/mol. The van der Waals surface area contributed by atoms with Crippen LogP contribution in [0.3, 0.4) is 0 Å². The predicted octanol–water partition coefficient (Wildman–Crippen LogP) is 3.67. The number of cyclic esters (lactones) is 1. The maximum Gasteiger partial charge on any atom is 0.342 e. The first kappa shape index (κ1) is 26.4. The number of benzene rings is 1. The minimum Gasteiger partial charge on any atom is -0.467 e. The van der Waals surface area contributed by atoms with Crippen molar-refractivity contribution in [1.82, 2.24) is 0 Å². The molecular formula is C25H36O9. The first-order valence-electron chi connectivity index (χ1n) is 11.6. The largest absolute Gasteiger partial charge is 0.467 e. The Labute approximate surface area is 200 Å². The molecule has 1 fully saturated rings. The van der Waals surface area contributed by atoms with E-state index in [2.05, 4.69) is 0 Å². The van der Waals surface area contributed by atoms with E-state index >= 15 is 0 Å². The summed E-state index contributed by atoms with van der Waals surface area (Å²) in [6.45, 7) is 5.50. The Bertz CT molecular complexity index is 851. The van der Waals surface area contributed by atoms with Gasteiger partial charge in [-0.1, -0.05) is 12.2 Å². The van der Waals surface area contributed by atoms with E-state index in [0.29, 0.717) is 37.0 Å². The van der Waals surface area contributed by atoms with Crippen LogP contribution < -0.4 is 9.47 Å². The van der Waals surface area contributed by atoms with E-state index in [9.17, 15) is 9.90 Å². The van der Waals surface area contributed by atoms with Gasteiger partial charge in [0, 0.05) is 20.3 Å². The van der Waals surface area contributed by atoms with E-state index in [-0.39, 0.29) is 37.1 Å². The summed E-state index contributed by atoms with van der Waals surface area (Å²) in [4.78, 5) is 13.2. The number of aliphatic hydroxyl groups is 1. The molecule has 0 saturated carbocycles. The van der Waals surface area contributed by atoms with Gasteiger partial charge in [-0.2, -0.15) is 0 Å². The highest BCUT2D eigenvalue weighted by Crippen LogP contribution is 2.35. The summed E-state index contributed by atoms with van der Waals surface area (Å²) < 4.78 is 39.2. The first-order valence-corrected chi connectivity index (χ1v) is 11.6. The van der Waals surface area contributed by atoms with Crippen molar-refractivity contribution in [3.8, 4) is 11.5 Å². The second kappa shape index (κ2) is 12.0. The van der Waals surface area contributed by atoms with Crippen LogP contribution in [0.4, 0.5) is 0 Å². The van der Waals surface area contributed by atoms with Gasteiger partial charge in [0.2, 0.25) is 0 Å². The fraction of sp³-hybridized carbons (Fsp3) is 0.640. The molecule has 0 radical (unpaired) electrons. The van der Waals surface area contributed by atoms with Crippen LogP contribution in [0.2, 0.25) is 0 Å². The summed E-state index contributed by atoms with van der Waals surface area (Å²) in [6, 6.07) is 3.34. The Kier molecular flexibility index (Phi) is 9.32. The molecule has 1 saturated heterocycles. The van der Waals surface area contributed by atoms with Gasteiger partial charge in [-0.3, -0.25) is 0 Å². The Morgan fingerprint density at radius 1 is 1.09 bits per heavy atom. The van der Waals surface area contributed by atoms with E-state index in [1.54, 1.807) is 18.2 Å². The van der Waals surface area contributed by atoms with Gasteiger partial charge < -0.3 is 38.3 Å². The van der Waals surface area contributed by atoms with Crippen LogP contribution in [0.5, 0.6) is 11.5 Å². The lowest BCUT2D eigenvalue weighted by molar-refractivity contribution is -0.155. The lowest BCUT2D eigenvalue weighted by Gasteiger charge is -2.23. The van der Waals surface area contributed by atoms with E-state index in [1.165, 1.54) is 14.2 Å². The number of rotatable bonds is 6. The molecule has 1 aromatic carbocycles. The molecule has 190 valence electrons. The molecule has 0 aromatic heterocycles. The molecule has 1 N–H and O–H groups in total. The molecule has 1 unspecified atom stereocenters. The molecule has 1 aromatic rings. The number of methoxy groups -OCH3 is 2. The van der Waals surface area contributed by atoms with Gasteiger partial charge >= 0.3 is 5.97 Å². The van der Waals surface area contributed by atoms with Crippen molar-refractivity contribution in [3.05, 3.63) is 29.3 Å². The van der Waals surface area contributed by atoms with Gasteiger partial charge in [-0.05, 0) is 58.1 Å². The smallest absolute Gasteiger partial charge is 0.342 e. The summed E-state index contributed by atoms with van der Waals surface area (Å²) in [6.07, 6.45) is 4.14. The van der Waals surface area contributed by atoms with Crippen molar-refractivity contribution in [2.75, 3.05) is 27.8 Å². The zero-order valence-electron chi connectivity index (χ0n) is 20.6. The van der Waals surface area contributed by atoms with Gasteiger partial charge in [0.25, 0.3) is 0 Å². The number of fused-ring (bicyclic) bond motifs is 2. The van der Waals surface area contributed by atoms with Gasteiger partial charge in [0.15, 0.2) is 19.4 Å². The molecule has 0 spiro atoms. The van der Waals surface area contributed by atoms with Gasteiger partial charge in [0.1, 0.15) is 23.2 Å². The van der Waals surface area contributed by atoms with E-state index < -0.39 is 24.0 Å². The molecule has 0 amide bonds. The minimum absolute atomic E-state index is 0.0373. The van der Waals surface area contributed by atoms with Gasteiger partial charge in [0.05, 0.1) is 18.3 Å². The van der Waals surface area contributed by atoms with Crippen molar-refractivity contribution in [2.24, 2.45) is 0 Å². The molecule has 3 rings (SSSR count). The van der Waals surface area contributed by atoms with Crippen molar-refractivity contribution >= 4 is 12.0 Å². The number of hydrogen-bond donors (Lipinski definition) is 1. The third-order valence-electron chi connectivity index (χ3n) is 5.67. The zero-order chi connectivity index (χ0) is 24.7. The molecule has 2 heterocycles. The van der Waals surface area contributed by atoms with Crippen LogP contribution in [0.15, 0.2) is 18.2 Å². The van der Waals surface area contributed by atoms with E-state index in [1.807, 2.05) is 26.8 Å². The molecule has 4 atom stereocenters. The lowest BCUT2D eigenvalue weighted by Crippen LogP contribution is -2.35. The number of carbonyl (C=O) groups excluding carboxylic acids is 1. The third kappa shape index (κ3) is 6.93. The highest BCUT2D eigenvalue weighted by Gasteiger charge is 2.44. The topological polar surface area (TPSA) is 102 Å².